The van der Waals surface area contributed by atoms with Crippen molar-refractivity contribution in [2.24, 2.45) is 0 Å². The molecule has 2 aliphatic rings. The van der Waals surface area contributed by atoms with Gasteiger partial charge in [-0.1, -0.05) is 24.3 Å². The first-order valence-corrected chi connectivity index (χ1v) is 10.4. The zero-order chi connectivity index (χ0) is 22.7. The number of nitrogens with one attached hydrogen (secondary N) is 2. The Kier molecular flexibility index (Phi) is 6.20. The summed E-state index contributed by atoms with van der Waals surface area (Å²) in [6.45, 7) is 5.17. The highest BCUT2D eigenvalue weighted by atomic mass is 19.1. The van der Waals surface area contributed by atoms with Gasteiger partial charge in [0, 0.05) is 25.3 Å². The summed E-state index contributed by atoms with van der Waals surface area (Å²) in [6.07, 6.45) is 0. The average molecular weight is 440 g/mol. The number of benzene rings is 2. The zero-order valence-corrected chi connectivity index (χ0v) is 17.8. The van der Waals surface area contributed by atoms with E-state index >= 15 is 0 Å². The minimum absolute atomic E-state index is 0.420. The average Bonchev–Trinajstić information content (AvgIpc) is 3.00. The monoisotopic (exact) mass is 440 g/mol. The molecule has 8 nitrogen and oxygen atoms in total. The van der Waals surface area contributed by atoms with Crippen LogP contribution in [-0.4, -0.2) is 60.5 Å². The predicted octanol–water partition coefficient (Wildman–Crippen LogP) is 2.06. The molecule has 2 N–H and O–H groups in total. The summed E-state index contributed by atoms with van der Waals surface area (Å²) in [6, 6.07) is 12.1. The maximum Gasteiger partial charge on any atom is 0.325 e. The van der Waals surface area contributed by atoms with Crippen LogP contribution in [0, 0.1) is 5.82 Å². The van der Waals surface area contributed by atoms with Crippen molar-refractivity contribution in [2.75, 3.05) is 38.2 Å². The van der Waals surface area contributed by atoms with E-state index < -0.39 is 35.7 Å². The molecule has 1 atom stereocenters. The van der Waals surface area contributed by atoms with Gasteiger partial charge in [-0.2, -0.15) is 0 Å². The highest BCUT2D eigenvalue weighted by Gasteiger charge is 2.49. The fourth-order valence-electron chi connectivity index (χ4n) is 3.87. The third-order valence-corrected chi connectivity index (χ3v) is 5.75. The Morgan fingerprint density at radius 2 is 1.75 bits per heavy atom. The molecule has 1 unspecified atom stereocenters. The third kappa shape index (κ3) is 4.63. The van der Waals surface area contributed by atoms with Crippen LogP contribution in [0.15, 0.2) is 48.5 Å². The minimum atomic E-state index is -1.35. The number of morpholine rings is 1. The third-order valence-electron chi connectivity index (χ3n) is 5.75. The van der Waals surface area contributed by atoms with Crippen molar-refractivity contribution >= 4 is 23.5 Å². The van der Waals surface area contributed by atoms with E-state index in [-0.39, 0.29) is 0 Å². The largest absolute Gasteiger partial charge is 0.379 e. The van der Waals surface area contributed by atoms with E-state index in [0.717, 1.165) is 43.3 Å². The van der Waals surface area contributed by atoms with Crippen LogP contribution in [0.2, 0.25) is 0 Å². The lowest BCUT2D eigenvalue weighted by atomic mass is 9.92. The number of urea groups is 1. The smallest absolute Gasteiger partial charge is 0.325 e. The highest BCUT2D eigenvalue weighted by molar-refractivity contribution is 6.10. The number of anilines is 1. The molecule has 0 bridgehead atoms. The Morgan fingerprint density at radius 1 is 1.09 bits per heavy atom. The number of ether oxygens (including phenoxy) is 1. The first-order chi connectivity index (χ1) is 15.3. The SMILES string of the molecule is CC1(c2ccc(F)cc2)NC(=O)N(CC(=O)Nc2ccc(CN3CCOCC3)cc2)C1=O. The Morgan fingerprint density at radius 3 is 2.41 bits per heavy atom. The molecule has 9 heteroatoms. The van der Waals surface area contributed by atoms with Gasteiger partial charge in [0.1, 0.15) is 17.9 Å². The topological polar surface area (TPSA) is 91.0 Å². The molecule has 4 rings (SSSR count). The van der Waals surface area contributed by atoms with Crippen molar-refractivity contribution < 1.29 is 23.5 Å². The number of halogens is 1. The van der Waals surface area contributed by atoms with E-state index in [0.29, 0.717) is 11.3 Å². The molecule has 2 aromatic rings. The standard InChI is InChI=1S/C23H25FN4O4/c1-23(17-4-6-18(24)7-5-17)21(30)28(22(31)26-23)15-20(29)25-19-8-2-16(3-9-19)14-27-10-12-32-13-11-27/h2-9H,10-15H2,1H3,(H,25,29)(H,26,31). The van der Waals surface area contributed by atoms with Crippen molar-refractivity contribution in [3.05, 3.63) is 65.5 Å². The van der Waals surface area contributed by atoms with Crippen LogP contribution in [0.1, 0.15) is 18.1 Å². The lowest BCUT2D eigenvalue weighted by molar-refractivity contribution is -0.133. The maximum atomic E-state index is 13.2. The van der Waals surface area contributed by atoms with Gasteiger partial charge < -0.3 is 15.4 Å². The molecular formula is C23H25FN4O4. The van der Waals surface area contributed by atoms with E-state index in [1.807, 2.05) is 12.1 Å². The van der Waals surface area contributed by atoms with Gasteiger partial charge in [0.25, 0.3) is 5.91 Å². The number of carbonyl (C=O) groups is 3. The second kappa shape index (κ2) is 9.05. The van der Waals surface area contributed by atoms with Crippen molar-refractivity contribution in [1.29, 1.82) is 0 Å². The predicted molar refractivity (Wildman–Crippen MR) is 115 cm³/mol. The fraction of sp³-hybridized carbons (Fsp3) is 0.348. The summed E-state index contributed by atoms with van der Waals surface area (Å²) in [5.41, 5.74) is 0.783. The number of carbonyl (C=O) groups excluding carboxylic acids is 3. The zero-order valence-electron chi connectivity index (χ0n) is 17.8. The van der Waals surface area contributed by atoms with E-state index in [4.69, 9.17) is 4.74 Å². The Bertz CT molecular complexity index is 1010. The molecule has 0 aliphatic carbocycles. The molecule has 2 fully saturated rings. The molecule has 168 valence electrons. The van der Waals surface area contributed by atoms with E-state index in [1.165, 1.54) is 31.2 Å². The molecule has 2 heterocycles. The van der Waals surface area contributed by atoms with Crippen LogP contribution in [0.3, 0.4) is 0 Å². The second-order valence-electron chi connectivity index (χ2n) is 8.09. The van der Waals surface area contributed by atoms with Gasteiger partial charge in [-0.05, 0) is 42.3 Å². The second-order valence-corrected chi connectivity index (χ2v) is 8.09. The highest BCUT2D eigenvalue weighted by Crippen LogP contribution is 2.28. The summed E-state index contributed by atoms with van der Waals surface area (Å²) in [5, 5.41) is 5.32. The minimum Gasteiger partial charge on any atom is -0.379 e. The normalized spacial score (nSPS) is 21.5. The number of imide groups is 1. The van der Waals surface area contributed by atoms with E-state index in [1.54, 1.807) is 12.1 Å². The first-order valence-electron chi connectivity index (χ1n) is 10.4. The van der Waals surface area contributed by atoms with Crippen LogP contribution in [0.25, 0.3) is 0 Å². The Labute approximate surface area is 185 Å². The van der Waals surface area contributed by atoms with Crippen LogP contribution in [-0.2, 0) is 26.4 Å². The first kappa shape index (κ1) is 21.9. The van der Waals surface area contributed by atoms with Crippen LogP contribution in [0.4, 0.5) is 14.9 Å². The van der Waals surface area contributed by atoms with Crippen molar-refractivity contribution in [3.8, 4) is 0 Å². The summed E-state index contributed by atoms with van der Waals surface area (Å²) < 4.78 is 18.6. The van der Waals surface area contributed by atoms with Crippen LogP contribution >= 0.6 is 0 Å². The number of nitrogens with zero attached hydrogens (tertiary/aromatic N) is 2. The molecule has 0 spiro atoms. The van der Waals surface area contributed by atoms with Gasteiger partial charge in [0.05, 0.1) is 13.2 Å². The van der Waals surface area contributed by atoms with Gasteiger partial charge in [0.2, 0.25) is 5.91 Å². The van der Waals surface area contributed by atoms with Gasteiger partial charge in [-0.3, -0.25) is 19.4 Å². The summed E-state index contributed by atoms with van der Waals surface area (Å²) in [7, 11) is 0. The lowest BCUT2D eigenvalue weighted by Crippen LogP contribution is -2.42. The van der Waals surface area contributed by atoms with Crippen molar-refractivity contribution in [3.63, 3.8) is 0 Å². The molecule has 4 amide bonds. The lowest BCUT2D eigenvalue weighted by Gasteiger charge is -2.26. The molecule has 0 aromatic heterocycles. The molecule has 2 aliphatic heterocycles. The number of hydrogen-bond acceptors (Lipinski definition) is 5. The van der Waals surface area contributed by atoms with Gasteiger partial charge in [-0.15, -0.1) is 0 Å². The number of rotatable bonds is 6. The van der Waals surface area contributed by atoms with E-state index in [9.17, 15) is 18.8 Å². The maximum absolute atomic E-state index is 13.2. The molecular weight excluding hydrogens is 415 g/mol. The summed E-state index contributed by atoms with van der Waals surface area (Å²) in [4.78, 5) is 41.0. The summed E-state index contributed by atoms with van der Waals surface area (Å²) >= 11 is 0. The Hall–Kier alpha value is -3.30. The van der Waals surface area contributed by atoms with Crippen molar-refractivity contribution in [1.82, 2.24) is 15.1 Å². The van der Waals surface area contributed by atoms with E-state index in [2.05, 4.69) is 15.5 Å². The summed E-state index contributed by atoms with van der Waals surface area (Å²) in [5.74, 6) is -1.50. The van der Waals surface area contributed by atoms with Gasteiger partial charge in [0.15, 0.2) is 0 Å². The van der Waals surface area contributed by atoms with Crippen molar-refractivity contribution in [2.45, 2.75) is 19.0 Å². The van der Waals surface area contributed by atoms with Gasteiger partial charge >= 0.3 is 6.03 Å². The fourth-order valence-corrected chi connectivity index (χ4v) is 3.87. The van der Waals surface area contributed by atoms with Crippen LogP contribution in [0.5, 0.6) is 0 Å². The molecule has 2 saturated heterocycles. The number of hydrogen-bond donors (Lipinski definition) is 2. The number of amides is 4. The molecule has 2 aromatic carbocycles. The Balaban J connectivity index is 1.35. The molecule has 0 radical (unpaired) electrons. The van der Waals surface area contributed by atoms with Crippen LogP contribution < -0.4 is 10.6 Å². The molecule has 32 heavy (non-hydrogen) atoms. The molecule has 0 saturated carbocycles. The quantitative estimate of drug-likeness (QED) is 0.671. The van der Waals surface area contributed by atoms with Gasteiger partial charge in [-0.25, -0.2) is 9.18 Å².